The summed E-state index contributed by atoms with van der Waals surface area (Å²) in [6.07, 6.45) is 4.32. The van der Waals surface area contributed by atoms with Gasteiger partial charge in [0.25, 0.3) is 5.69 Å². The van der Waals surface area contributed by atoms with Crippen LogP contribution in [0.25, 0.3) is 0 Å². The predicted octanol–water partition coefficient (Wildman–Crippen LogP) is 3.30. The van der Waals surface area contributed by atoms with Crippen molar-refractivity contribution in [2.45, 2.75) is 44.7 Å². The molecule has 0 atom stereocenters. The Morgan fingerprint density at radius 1 is 1.40 bits per heavy atom. The fraction of sp³-hybridized carbons (Fsp3) is 0.571. The van der Waals surface area contributed by atoms with Crippen molar-refractivity contribution >= 4 is 34.0 Å². The van der Waals surface area contributed by atoms with Gasteiger partial charge in [0.2, 0.25) is 0 Å². The van der Waals surface area contributed by atoms with Crippen LogP contribution in [0.3, 0.4) is 0 Å². The maximum atomic E-state index is 10.9. The molecule has 0 unspecified atom stereocenters. The second-order valence-electron chi connectivity index (χ2n) is 5.25. The number of nitro groups is 1. The van der Waals surface area contributed by atoms with E-state index in [4.69, 9.17) is 5.73 Å². The summed E-state index contributed by atoms with van der Waals surface area (Å²) >= 11 is 2.04. The first-order chi connectivity index (χ1) is 9.52. The first-order valence-corrected chi connectivity index (χ1v) is 8.07. The molecule has 20 heavy (non-hydrogen) atoms. The molecular formula is C14H20IN3O2. The minimum atomic E-state index is -0.332. The second-order valence-corrected chi connectivity index (χ2v) is 6.41. The molecule has 0 spiro atoms. The quantitative estimate of drug-likeness (QED) is 0.487. The molecule has 0 aromatic heterocycles. The van der Waals surface area contributed by atoms with E-state index in [0.29, 0.717) is 15.7 Å². The van der Waals surface area contributed by atoms with Crippen LogP contribution in [0.5, 0.6) is 0 Å². The van der Waals surface area contributed by atoms with E-state index in [2.05, 4.69) is 11.8 Å². The molecule has 1 aromatic carbocycles. The Morgan fingerprint density at radius 3 is 2.55 bits per heavy atom. The molecule has 110 valence electrons. The standard InChI is InChI=1S/C14H20IN3O2/c1-2-17(11-5-3-10(16)4-6-11)12-7-8-14(18(19)20)13(15)9-12/h7-11H,2-6,16H2,1H3. The van der Waals surface area contributed by atoms with Gasteiger partial charge in [0, 0.05) is 30.4 Å². The van der Waals surface area contributed by atoms with Gasteiger partial charge in [-0.15, -0.1) is 0 Å². The third-order valence-electron chi connectivity index (χ3n) is 3.98. The highest BCUT2D eigenvalue weighted by atomic mass is 127. The summed E-state index contributed by atoms with van der Waals surface area (Å²) < 4.78 is 0.691. The zero-order valence-electron chi connectivity index (χ0n) is 11.6. The molecule has 0 aliphatic heterocycles. The summed E-state index contributed by atoms with van der Waals surface area (Å²) in [4.78, 5) is 12.9. The smallest absolute Gasteiger partial charge is 0.282 e. The third-order valence-corrected chi connectivity index (χ3v) is 4.85. The molecule has 1 saturated carbocycles. The number of nitrogens with two attached hydrogens (primary N) is 1. The summed E-state index contributed by atoms with van der Waals surface area (Å²) in [5.74, 6) is 0. The van der Waals surface area contributed by atoms with Gasteiger partial charge in [-0.3, -0.25) is 10.1 Å². The van der Waals surface area contributed by atoms with Gasteiger partial charge < -0.3 is 10.6 Å². The molecule has 0 heterocycles. The molecule has 6 heteroatoms. The highest BCUT2D eigenvalue weighted by Gasteiger charge is 2.24. The number of nitro benzene ring substituents is 1. The average molecular weight is 389 g/mol. The molecule has 1 aromatic rings. The zero-order chi connectivity index (χ0) is 14.7. The number of halogens is 1. The van der Waals surface area contributed by atoms with Gasteiger partial charge in [-0.05, 0) is 67.3 Å². The van der Waals surface area contributed by atoms with Gasteiger partial charge in [0.15, 0.2) is 0 Å². The Labute approximate surface area is 132 Å². The largest absolute Gasteiger partial charge is 0.369 e. The third kappa shape index (κ3) is 3.41. The number of hydrogen-bond donors (Lipinski definition) is 1. The highest BCUT2D eigenvalue weighted by molar-refractivity contribution is 14.1. The molecular weight excluding hydrogens is 369 g/mol. The fourth-order valence-electron chi connectivity index (χ4n) is 2.89. The second kappa shape index (κ2) is 6.71. The number of rotatable bonds is 4. The van der Waals surface area contributed by atoms with Crippen molar-refractivity contribution in [1.82, 2.24) is 0 Å². The van der Waals surface area contributed by atoms with Crippen molar-refractivity contribution in [1.29, 1.82) is 0 Å². The molecule has 2 N–H and O–H groups in total. The molecule has 0 saturated heterocycles. The molecule has 1 aliphatic rings. The summed E-state index contributed by atoms with van der Waals surface area (Å²) in [6, 6.07) is 6.21. The zero-order valence-corrected chi connectivity index (χ0v) is 13.7. The van der Waals surface area contributed by atoms with E-state index >= 15 is 0 Å². The van der Waals surface area contributed by atoms with Crippen LogP contribution in [0.4, 0.5) is 11.4 Å². The topological polar surface area (TPSA) is 72.4 Å². The van der Waals surface area contributed by atoms with Crippen molar-refractivity contribution in [3.8, 4) is 0 Å². The van der Waals surface area contributed by atoms with Crippen molar-refractivity contribution in [2.24, 2.45) is 5.73 Å². The highest BCUT2D eigenvalue weighted by Crippen LogP contribution is 2.30. The lowest BCUT2D eigenvalue weighted by Gasteiger charge is -2.37. The van der Waals surface area contributed by atoms with Crippen molar-refractivity contribution in [3.05, 3.63) is 31.9 Å². The number of nitrogens with zero attached hydrogens (tertiary/aromatic N) is 2. The molecule has 0 radical (unpaired) electrons. The van der Waals surface area contributed by atoms with Crippen LogP contribution >= 0.6 is 22.6 Å². The van der Waals surface area contributed by atoms with Crippen LogP contribution in [0.2, 0.25) is 0 Å². The monoisotopic (exact) mass is 389 g/mol. The summed E-state index contributed by atoms with van der Waals surface area (Å²) in [5, 5.41) is 10.9. The van der Waals surface area contributed by atoms with Crippen LogP contribution < -0.4 is 10.6 Å². The Kier molecular flexibility index (Phi) is 5.20. The fourth-order valence-corrected chi connectivity index (χ4v) is 3.58. The average Bonchev–Trinajstić information content (AvgIpc) is 2.41. The summed E-state index contributed by atoms with van der Waals surface area (Å²) in [5.41, 5.74) is 7.21. The Bertz CT molecular complexity index is 487. The van der Waals surface area contributed by atoms with Gasteiger partial charge in [0.05, 0.1) is 8.49 Å². The maximum Gasteiger partial charge on any atom is 0.282 e. The molecule has 1 fully saturated rings. The van der Waals surface area contributed by atoms with E-state index in [1.54, 1.807) is 6.07 Å². The van der Waals surface area contributed by atoms with Gasteiger partial charge in [-0.25, -0.2) is 0 Å². The first kappa shape index (κ1) is 15.5. The van der Waals surface area contributed by atoms with Crippen LogP contribution in [0.1, 0.15) is 32.6 Å². The van der Waals surface area contributed by atoms with E-state index in [0.717, 1.165) is 37.9 Å². The number of hydrogen-bond acceptors (Lipinski definition) is 4. The van der Waals surface area contributed by atoms with Crippen LogP contribution in [-0.2, 0) is 0 Å². The summed E-state index contributed by atoms with van der Waals surface area (Å²) in [7, 11) is 0. The van der Waals surface area contributed by atoms with Crippen molar-refractivity contribution in [2.75, 3.05) is 11.4 Å². The van der Waals surface area contributed by atoms with Gasteiger partial charge in [-0.1, -0.05) is 0 Å². The van der Waals surface area contributed by atoms with E-state index < -0.39 is 0 Å². The van der Waals surface area contributed by atoms with Crippen LogP contribution in [0, 0.1) is 13.7 Å². The molecule has 5 nitrogen and oxygen atoms in total. The number of benzene rings is 1. The lowest BCUT2D eigenvalue weighted by molar-refractivity contribution is -0.385. The molecule has 0 amide bonds. The normalized spacial score (nSPS) is 22.6. The summed E-state index contributed by atoms with van der Waals surface area (Å²) in [6.45, 7) is 3.04. The minimum Gasteiger partial charge on any atom is -0.369 e. The van der Waals surface area contributed by atoms with Crippen molar-refractivity contribution < 1.29 is 4.92 Å². The van der Waals surface area contributed by atoms with Crippen LogP contribution in [-0.4, -0.2) is 23.6 Å². The number of anilines is 1. The SMILES string of the molecule is CCN(c1ccc([N+](=O)[O-])c(I)c1)C1CCC(N)CC1. The van der Waals surface area contributed by atoms with Gasteiger partial charge in [0.1, 0.15) is 0 Å². The van der Waals surface area contributed by atoms with E-state index in [-0.39, 0.29) is 10.6 Å². The van der Waals surface area contributed by atoms with Gasteiger partial charge >= 0.3 is 0 Å². The molecule has 0 bridgehead atoms. The lowest BCUT2D eigenvalue weighted by Crippen LogP contribution is -2.41. The van der Waals surface area contributed by atoms with E-state index in [9.17, 15) is 10.1 Å². The first-order valence-electron chi connectivity index (χ1n) is 6.99. The minimum absolute atomic E-state index is 0.177. The van der Waals surface area contributed by atoms with E-state index in [1.807, 2.05) is 34.7 Å². The predicted molar refractivity (Wildman–Crippen MR) is 89.1 cm³/mol. The van der Waals surface area contributed by atoms with E-state index in [1.165, 1.54) is 0 Å². The Hall–Kier alpha value is -0.890. The van der Waals surface area contributed by atoms with Crippen LogP contribution in [0.15, 0.2) is 18.2 Å². The Morgan fingerprint density at radius 2 is 2.05 bits per heavy atom. The van der Waals surface area contributed by atoms with Gasteiger partial charge in [-0.2, -0.15) is 0 Å². The van der Waals surface area contributed by atoms with Crippen molar-refractivity contribution in [3.63, 3.8) is 0 Å². The molecule has 1 aliphatic carbocycles. The Balaban J connectivity index is 2.19. The maximum absolute atomic E-state index is 10.9. The lowest BCUT2D eigenvalue weighted by atomic mass is 9.90. The molecule has 2 rings (SSSR count).